The normalized spacial score (nSPS) is 33.4. The molecule has 2 fully saturated rings. The molecule has 1 unspecified atom stereocenters. The zero-order valence-electron chi connectivity index (χ0n) is 9.82. The highest BCUT2D eigenvalue weighted by atomic mass is 32.2. The monoisotopic (exact) mass is 246 g/mol. The molecule has 0 radical (unpaired) electrons. The van der Waals surface area contributed by atoms with E-state index in [2.05, 4.69) is 0 Å². The summed E-state index contributed by atoms with van der Waals surface area (Å²) in [5.41, 5.74) is -0.687. The molecule has 0 bridgehead atoms. The molecule has 2 rings (SSSR count). The van der Waals surface area contributed by atoms with Crippen molar-refractivity contribution in [3.63, 3.8) is 0 Å². The van der Waals surface area contributed by atoms with Gasteiger partial charge < -0.3 is 5.11 Å². The molecule has 1 aliphatic heterocycles. The minimum atomic E-state index is -2.92. The summed E-state index contributed by atoms with van der Waals surface area (Å²) < 4.78 is 23.8. The number of sulfone groups is 1. The van der Waals surface area contributed by atoms with E-state index in [4.69, 9.17) is 0 Å². The average Bonchev–Trinajstić information content (AvgIpc) is 2.22. The van der Waals surface area contributed by atoms with Gasteiger partial charge in [0.2, 0.25) is 0 Å². The molecule has 1 heterocycles. The van der Waals surface area contributed by atoms with Gasteiger partial charge in [0, 0.05) is 0 Å². The summed E-state index contributed by atoms with van der Waals surface area (Å²) in [5, 5.41) is 10.1. The van der Waals surface area contributed by atoms with Gasteiger partial charge in [0.15, 0.2) is 9.84 Å². The van der Waals surface area contributed by atoms with Gasteiger partial charge >= 0.3 is 0 Å². The van der Waals surface area contributed by atoms with E-state index in [1.54, 1.807) is 0 Å². The minimum absolute atomic E-state index is 0.274. The van der Waals surface area contributed by atoms with Crippen LogP contribution in [0.25, 0.3) is 0 Å². The second-order valence-corrected chi connectivity index (χ2v) is 7.87. The molecular formula is C12H22O3S. The van der Waals surface area contributed by atoms with Gasteiger partial charge in [-0.25, -0.2) is 8.42 Å². The molecule has 4 heteroatoms. The molecule has 0 amide bonds. The maximum atomic E-state index is 11.9. The van der Waals surface area contributed by atoms with Crippen molar-refractivity contribution in [3.8, 4) is 0 Å². The highest BCUT2D eigenvalue weighted by Gasteiger charge is 2.38. The molecule has 16 heavy (non-hydrogen) atoms. The van der Waals surface area contributed by atoms with Crippen molar-refractivity contribution < 1.29 is 13.5 Å². The molecule has 1 aliphatic carbocycles. The standard InChI is InChI=1S/C12H22O3S/c13-12(7-3-1-4-8-12)10-11-6-2-5-9-16(11,14)15/h11,13H,1-10H2. The Hall–Kier alpha value is -0.0900. The van der Waals surface area contributed by atoms with Crippen LogP contribution in [0, 0.1) is 0 Å². The predicted octanol–water partition coefficient (Wildman–Crippen LogP) is 2.04. The van der Waals surface area contributed by atoms with Gasteiger partial charge in [-0.15, -0.1) is 0 Å². The Morgan fingerprint density at radius 2 is 1.75 bits per heavy atom. The summed E-state index contributed by atoms with van der Waals surface area (Å²) in [4.78, 5) is 0. The molecule has 1 atom stereocenters. The Morgan fingerprint density at radius 1 is 1.06 bits per heavy atom. The van der Waals surface area contributed by atoms with Crippen LogP contribution in [0.1, 0.15) is 57.8 Å². The van der Waals surface area contributed by atoms with E-state index in [1.807, 2.05) is 0 Å². The van der Waals surface area contributed by atoms with Crippen LogP contribution in [0.15, 0.2) is 0 Å². The average molecular weight is 246 g/mol. The van der Waals surface area contributed by atoms with Crippen LogP contribution in [0.4, 0.5) is 0 Å². The van der Waals surface area contributed by atoms with Gasteiger partial charge in [-0.1, -0.05) is 25.7 Å². The summed E-state index contributed by atoms with van der Waals surface area (Å²) in [6.07, 6.45) is 7.89. The maximum Gasteiger partial charge on any atom is 0.153 e. The van der Waals surface area contributed by atoms with E-state index in [1.165, 1.54) is 6.42 Å². The van der Waals surface area contributed by atoms with E-state index in [9.17, 15) is 13.5 Å². The molecular weight excluding hydrogens is 224 g/mol. The van der Waals surface area contributed by atoms with Crippen molar-refractivity contribution in [2.45, 2.75) is 68.6 Å². The van der Waals surface area contributed by atoms with Crippen molar-refractivity contribution in [1.29, 1.82) is 0 Å². The van der Waals surface area contributed by atoms with Crippen molar-refractivity contribution >= 4 is 9.84 Å². The maximum absolute atomic E-state index is 11.9. The fourth-order valence-corrected chi connectivity index (χ4v) is 5.12. The van der Waals surface area contributed by atoms with E-state index in [0.717, 1.165) is 44.9 Å². The molecule has 1 N–H and O–H groups in total. The van der Waals surface area contributed by atoms with Gasteiger partial charge in [0.1, 0.15) is 0 Å². The Bertz CT molecular complexity index is 328. The van der Waals surface area contributed by atoms with Crippen LogP contribution in [0.3, 0.4) is 0 Å². The molecule has 2 aliphatic rings. The first-order valence-corrected chi connectivity index (χ1v) is 8.17. The van der Waals surface area contributed by atoms with E-state index in [-0.39, 0.29) is 5.25 Å². The van der Waals surface area contributed by atoms with E-state index >= 15 is 0 Å². The molecule has 0 spiro atoms. The summed E-state index contributed by atoms with van der Waals surface area (Å²) in [5.74, 6) is 0.327. The molecule has 0 aromatic heterocycles. The lowest BCUT2D eigenvalue weighted by Gasteiger charge is -2.36. The zero-order valence-corrected chi connectivity index (χ0v) is 10.6. The first-order valence-electron chi connectivity index (χ1n) is 6.46. The van der Waals surface area contributed by atoms with Crippen LogP contribution in [0.5, 0.6) is 0 Å². The largest absolute Gasteiger partial charge is 0.390 e. The smallest absolute Gasteiger partial charge is 0.153 e. The van der Waals surface area contributed by atoms with Crippen molar-refractivity contribution in [2.24, 2.45) is 0 Å². The Labute approximate surface area is 98.2 Å². The first-order chi connectivity index (χ1) is 7.52. The molecule has 1 saturated carbocycles. The summed E-state index contributed by atoms with van der Waals surface area (Å²) in [6.45, 7) is 0. The van der Waals surface area contributed by atoms with E-state index in [0.29, 0.717) is 12.2 Å². The molecule has 1 saturated heterocycles. The lowest BCUT2D eigenvalue weighted by atomic mass is 9.81. The van der Waals surface area contributed by atoms with Crippen molar-refractivity contribution in [2.75, 3.05) is 5.75 Å². The summed E-state index contributed by atoms with van der Waals surface area (Å²) in [6, 6.07) is 0. The topological polar surface area (TPSA) is 54.4 Å². The van der Waals surface area contributed by atoms with Crippen molar-refractivity contribution in [3.05, 3.63) is 0 Å². The highest BCUT2D eigenvalue weighted by Crippen LogP contribution is 2.35. The number of hydrogen-bond acceptors (Lipinski definition) is 3. The fourth-order valence-electron chi connectivity index (χ4n) is 3.09. The Balaban J connectivity index is 2.02. The Kier molecular flexibility index (Phi) is 3.59. The third kappa shape index (κ3) is 2.77. The van der Waals surface area contributed by atoms with Crippen molar-refractivity contribution in [1.82, 2.24) is 0 Å². The van der Waals surface area contributed by atoms with Gasteiger partial charge in [0.05, 0.1) is 16.6 Å². The minimum Gasteiger partial charge on any atom is -0.390 e. The third-order valence-electron chi connectivity index (χ3n) is 4.10. The number of aliphatic hydroxyl groups is 1. The van der Waals surface area contributed by atoms with Gasteiger partial charge in [-0.3, -0.25) is 0 Å². The SMILES string of the molecule is O=S1(=O)CCCCC1CC1(O)CCCCC1. The summed E-state index contributed by atoms with van der Waals surface area (Å²) in [7, 11) is -2.92. The molecule has 94 valence electrons. The molecule has 3 nitrogen and oxygen atoms in total. The molecule has 0 aromatic carbocycles. The van der Waals surface area contributed by atoms with E-state index < -0.39 is 15.4 Å². The predicted molar refractivity (Wildman–Crippen MR) is 64.1 cm³/mol. The summed E-state index contributed by atoms with van der Waals surface area (Å²) >= 11 is 0. The highest BCUT2D eigenvalue weighted by molar-refractivity contribution is 7.92. The van der Waals surface area contributed by atoms with Gasteiger partial charge in [0.25, 0.3) is 0 Å². The van der Waals surface area contributed by atoms with Crippen LogP contribution in [0.2, 0.25) is 0 Å². The Morgan fingerprint density at radius 3 is 2.38 bits per heavy atom. The lowest BCUT2D eigenvalue weighted by molar-refractivity contribution is -0.00526. The lowest BCUT2D eigenvalue weighted by Crippen LogP contribution is -2.40. The van der Waals surface area contributed by atoms with Gasteiger partial charge in [-0.2, -0.15) is 0 Å². The fraction of sp³-hybridized carbons (Fsp3) is 1.00. The number of rotatable bonds is 2. The third-order valence-corrected chi connectivity index (χ3v) is 6.38. The van der Waals surface area contributed by atoms with Crippen LogP contribution in [-0.2, 0) is 9.84 Å². The quantitative estimate of drug-likeness (QED) is 0.811. The second-order valence-electron chi connectivity index (χ2n) is 5.47. The van der Waals surface area contributed by atoms with Crippen LogP contribution in [-0.4, -0.2) is 30.1 Å². The molecule has 0 aromatic rings. The van der Waals surface area contributed by atoms with Crippen LogP contribution >= 0.6 is 0 Å². The second kappa shape index (κ2) is 4.65. The first kappa shape index (κ1) is 12.4. The zero-order chi connectivity index (χ0) is 11.6. The number of hydrogen-bond donors (Lipinski definition) is 1. The van der Waals surface area contributed by atoms with Gasteiger partial charge in [-0.05, 0) is 32.1 Å². The van der Waals surface area contributed by atoms with Crippen LogP contribution < -0.4 is 0 Å².